The Bertz CT molecular complexity index is 1060. The van der Waals surface area contributed by atoms with E-state index in [9.17, 15) is 14.4 Å². The molecule has 1 amide bonds. The molecular weight excluding hydrogens is 338 g/mol. The summed E-state index contributed by atoms with van der Waals surface area (Å²) >= 11 is 0. The number of fused-ring (bicyclic) bond motifs is 1. The van der Waals surface area contributed by atoms with E-state index in [1.165, 1.54) is 18.0 Å². The van der Waals surface area contributed by atoms with Gasteiger partial charge in [-0.1, -0.05) is 12.1 Å². The molecule has 0 atom stereocenters. The summed E-state index contributed by atoms with van der Waals surface area (Å²) in [6.45, 7) is 3.26. The van der Waals surface area contributed by atoms with Gasteiger partial charge in [0, 0.05) is 5.56 Å². The molecule has 3 aromatic rings. The summed E-state index contributed by atoms with van der Waals surface area (Å²) in [5.74, 6) is -0.424. The minimum Gasteiger partial charge on any atom is -0.465 e. The van der Waals surface area contributed by atoms with Crippen molar-refractivity contribution < 1.29 is 18.7 Å². The quantitative estimate of drug-likeness (QED) is 0.718. The van der Waals surface area contributed by atoms with Crippen LogP contribution >= 0.6 is 0 Å². The summed E-state index contributed by atoms with van der Waals surface area (Å²) in [5, 5.41) is 2.97. The van der Waals surface area contributed by atoms with Gasteiger partial charge in [0.1, 0.15) is 24.0 Å². The van der Waals surface area contributed by atoms with Crippen molar-refractivity contribution in [3.8, 4) is 0 Å². The van der Waals surface area contributed by atoms with Crippen molar-refractivity contribution >= 4 is 28.7 Å². The Hall–Kier alpha value is -3.42. The summed E-state index contributed by atoms with van der Waals surface area (Å²) < 4.78 is 11.3. The van der Waals surface area contributed by atoms with Gasteiger partial charge >= 0.3 is 5.97 Å². The van der Waals surface area contributed by atoms with Crippen LogP contribution in [0.25, 0.3) is 11.1 Å². The van der Waals surface area contributed by atoms with Gasteiger partial charge in [0.25, 0.3) is 5.56 Å². The first-order valence-electron chi connectivity index (χ1n) is 7.84. The van der Waals surface area contributed by atoms with Crippen LogP contribution in [0.15, 0.2) is 39.8 Å². The monoisotopic (exact) mass is 355 g/mol. The molecule has 0 unspecified atom stereocenters. The molecule has 0 aliphatic carbocycles. The van der Waals surface area contributed by atoms with Crippen LogP contribution in [0.4, 0.5) is 5.69 Å². The summed E-state index contributed by atoms with van der Waals surface area (Å²) in [7, 11) is 1.26. The third kappa shape index (κ3) is 3.08. The molecule has 0 saturated heterocycles. The van der Waals surface area contributed by atoms with Crippen molar-refractivity contribution in [2.45, 2.75) is 20.4 Å². The zero-order valence-electron chi connectivity index (χ0n) is 14.5. The van der Waals surface area contributed by atoms with E-state index in [2.05, 4.69) is 10.3 Å². The lowest BCUT2D eigenvalue weighted by molar-refractivity contribution is -0.116. The number of nitrogens with one attached hydrogen (secondary N) is 1. The number of ether oxygens (including phenoxy) is 1. The number of aryl methyl sites for hydroxylation is 2. The maximum absolute atomic E-state index is 12.6. The van der Waals surface area contributed by atoms with Crippen molar-refractivity contribution in [3.63, 3.8) is 0 Å². The molecule has 0 fully saturated rings. The molecule has 26 heavy (non-hydrogen) atoms. The van der Waals surface area contributed by atoms with E-state index in [0.717, 1.165) is 0 Å². The Morgan fingerprint density at radius 3 is 2.73 bits per heavy atom. The third-order valence-corrected chi connectivity index (χ3v) is 4.08. The second-order valence-electron chi connectivity index (χ2n) is 5.73. The fraction of sp³-hybridized carbons (Fsp3) is 0.222. The van der Waals surface area contributed by atoms with Gasteiger partial charge in [0.2, 0.25) is 11.6 Å². The number of methoxy groups -OCH3 is 1. The Morgan fingerprint density at radius 2 is 2.00 bits per heavy atom. The maximum atomic E-state index is 12.6. The van der Waals surface area contributed by atoms with Crippen LogP contribution in [-0.4, -0.2) is 28.5 Å². The highest BCUT2D eigenvalue weighted by Crippen LogP contribution is 2.19. The van der Waals surface area contributed by atoms with Gasteiger partial charge in [-0.05, 0) is 26.0 Å². The molecule has 3 rings (SSSR count). The topological polar surface area (TPSA) is 103 Å². The average Bonchev–Trinajstić information content (AvgIpc) is 2.92. The van der Waals surface area contributed by atoms with Crippen LogP contribution < -0.4 is 10.9 Å². The van der Waals surface area contributed by atoms with Crippen LogP contribution in [0.1, 0.15) is 21.7 Å². The van der Waals surface area contributed by atoms with Gasteiger partial charge in [-0.3, -0.25) is 14.2 Å². The number of amides is 1. The standard InChI is InChI=1S/C18H17N3O5/c1-10-11(2)26-16-15(10)17(23)21(9-19-16)8-14(22)20-13-7-5-4-6-12(13)18(24)25-3/h4-7,9H,8H2,1-3H3,(H,20,22). The van der Waals surface area contributed by atoms with E-state index in [1.54, 1.807) is 38.1 Å². The summed E-state index contributed by atoms with van der Waals surface area (Å²) in [5.41, 5.74) is 1.12. The van der Waals surface area contributed by atoms with E-state index >= 15 is 0 Å². The van der Waals surface area contributed by atoms with Crippen LogP contribution in [-0.2, 0) is 16.1 Å². The number of anilines is 1. The lowest BCUT2D eigenvalue weighted by Crippen LogP contribution is -2.28. The number of esters is 1. The Balaban J connectivity index is 1.87. The molecular formula is C18H17N3O5. The molecule has 0 aliphatic rings. The van der Waals surface area contributed by atoms with Gasteiger partial charge < -0.3 is 14.5 Å². The number of benzene rings is 1. The lowest BCUT2D eigenvalue weighted by atomic mass is 10.2. The van der Waals surface area contributed by atoms with Crippen LogP contribution in [0.3, 0.4) is 0 Å². The highest BCUT2D eigenvalue weighted by atomic mass is 16.5. The molecule has 1 aromatic carbocycles. The molecule has 8 nitrogen and oxygen atoms in total. The van der Waals surface area contributed by atoms with Gasteiger partial charge in [-0.15, -0.1) is 0 Å². The fourth-order valence-electron chi connectivity index (χ4n) is 2.61. The molecule has 0 radical (unpaired) electrons. The predicted molar refractivity (Wildman–Crippen MR) is 94.2 cm³/mol. The first kappa shape index (κ1) is 17.4. The highest BCUT2D eigenvalue weighted by molar-refractivity contribution is 6.01. The SMILES string of the molecule is COC(=O)c1ccccc1NC(=O)Cn1cnc2oc(C)c(C)c2c1=O. The number of hydrogen-bond donors (Lipinski definition) is 1. The van der Waals surface area contributed by atoms with E-state index in [0.29, 0.717) is 22.4 Å². The number of aromatic nitrogens is 2. The molecule has 2 aromatic heterocycles. The summed E-state index contributed by atoms with van der Waals surface area (Å²) in [6.07, 6.45) is 1.26. The average molecular weight is 355 g/mol. The van der Waals surface area contributed by atoms with Crippen LogP contribution in [0, 0.1) is 13.8 Å². The molecule has 0 spiro atoms. The molecule has 0 saturated carbocycles. The van der Waals surface area contributed by atoms with Gasteiger partial charge in [-0.25, -0.2) is 9.78 Å². The van der Waals surface area contributed by atoms with Gasteiger partial charge in [0.05, 0.1) is 18.4 Å². The van der Waals surface area contributed by atoms with Crippen molar-refractivity contribution in [1.82, 2.24) is 9.55 Å². The predicted octanol–water partition coefficient (Wildman–Crippen LogP) is 2.03. The minimum absolute atomic E-state index is 0.227. The number of rotatable bonds is 4. The zero-order chi connectivity index (χ0) is 18.8. The minimum atomic E-state index is -0.564. The number of hydrogen-bond acceptors (Lipinski definition) is 6. The smallest absolute Gasteiger partial charge is 0.339 e. The normalized spacial score (nSPS) is 10.7. The Kier molecular flexibility index (Phi) is 4.57. The summed E-state index contributed by atoms with van der Waals surface area (Å²) in [6, 6.07) is 6.46. The van der Waals surface area contributed by atoms with Crippen LogP contribution in [0.5, 0.6) is 0 Å². The molecule has 8 heteroatoms. The van der Waals surface area contributed by atoms with Gasteiger partial charge in [-0.2, -0.15) is 0 Å². The molecule has 134 valence electrons. The Labute approximate surface area is 148 Å². The molecule has 2 heterocycles. The van der Waals surface area contributed by atoms with Crippen molar-refractivity contribution in [3.05, 3.63) is 57.8 Å². The van der Waals surface area contributed by atoms with E-state index in [-0.39, 0.29) is 23.4 Å². The second-order valence-corrected chi connectivity index (χ2v) is 5.73. The molecule has 0 aliphatic heterocycles. The first-order chi connectivity index (χ1) is 12.4. The van der Waals surface area contributed by atoms with Crippen molar-refractivity contribution in [2.24, 2.45) is 0 Å². The number of nitrogens with zero attached hydrogens (tertiary/aromatic N) is 2. The fourth-order valence-corrected chi connectivity index (χ4v) is 2.61. The van der Waals surface area contributed by atoms with Crippen molar-refractivity contribution in [1.29, 1.82) is 0 Å². The number of para-hydroxylation sites is 1. The highest BCUT2D eigenvalue weighted by Gasteiger charge is 2.17. The van der Waals surface area contributed by atoms with E-state index in [1.807, 2.05) is 0 Å². The third-order valence-electron chi connectivity index (χ3n) is 4.08. The first-order valence-corrected chi connectivity index (χ1v) is 7.84. The van der Waals surface area contributed by atoms with Crippen molar-refractivity contribution in [2.75, 3.05) is 12.4 Å². The Morgan fingerprint density at radius 1 is 1.27 bits per heavy atom. The lowest BCUT2D eigenvalue weighted by Gasteiger charge is -2.10. The second kappa shape index (κ2) is 6.83. The van der Waals surface area contributed by atoms with Gasteiger partial charge in [0.15, 0.2) is 0 Å². The van der Waals surface area contributed by atoms with Crippen LogP contribution in [0.2, 0.25) is 0 Å². The largest absolute Gasteiger partial charge is 0.465 e. The number of carbonyl (C=O) groups is 2. The molecule has 1 N–H and O–H groups in total. The summed E-state index contributed by atoms with van der Waals surface area (Å²) in [4.78, 5) is 40.8. The number of furan rings is 1. The maximum Gasteiger partial charge on any atom is 0.339 e. The van der Waals surface area contributed by atoms with E-state index in [4.69, 9.17) is 9.15 Å². The molecule has 0 bridgehead atoms. The van der Waals surface area contributed by atoms with E-state index < -0.39 is 11.9 Å². The number of carbonyl (C=O) groups excluding carboxylic acids is 2. The zero-order valence-corrected chi connectivity index (χ0v) is 14.5.